The van der Waals surface area contributed by atoms with Crippen LogP contribution in [0.5, 0.6) is 11.5 Å². The quantitative estimate of drug-likeness (QED) is 0.719. The van der Waals surface area contributed by atoms with Crippen molar-refractivity contribution in [2.75, 3.05) is 26.1 Å². The van der Waals surface area contributed by atoms with E-state index >= 15 is 0 Å². The fraction of sp³-hybridized carbons (Fsp3) is 0.263. The van der Waals surface area contributed by atoms with Crippen molar-refractivity contribution in [3.05, 3.63) is 53.7 Å². The number of ether oxygens (including phenoxy) is 2. The first kappa shape index (κ1) is 17.0. The summed E-state index contributed by atoms with van der Waals surface area (Å²) in [5, 5.41) is 13.7. The van der Waals surface area contributed by atoms with Gasteiger partial charge in [-0.15, -0.1) is 0 Å². The predicted molar refractivity (Wildman–Crippen MR) is 97.3 cm³/mol. The molecule has 0 bridgehead atoms. The van der Waals surface area contributed by atoms with Gasteiger partial charge in [-0.25, -0.2) is 9.97 Å². The molecule has 0 amide bonds. The Hall–Kier alpha value is -2.86. The summed E-state index contributed by atoms with van der Waals surface area (Å²) in [6.45, 7) is 2.16. The van der Waals surface area contributed by atoms with Gasteiger partial charge in [-0.2, -0.15) is 0 Å². The van der Waals surface area contributed by atoms with Crippen LogP contribution in [0, 0.1) is 6.92 Å². The monoisotopic (exact) mass is 339 g/mol. The molecule has 6 nitrogen and oxygen atoms in total. The van der Waals surface area contributed by atoms with Crippen LogP contribution >= 0.6 is 0 Å². The number of aryl methyl sites for hydroxylation is 1. The molecule has 2 aromatic carbocycles. The van der Waals surface area contributed by atoms with E-state index in [1.54, 1.807) is 32.4 Å². The van der Waals surface area contributed by atoms with Crippen molar-refractivity contribution in [2.24, 2.45) is 0 Å². The van der Waals surface area contributed by atoms with Crippen LogP contribution in [-0.2, 0) is 0 Å². The van der Waals surface area contributed by atoms with Crippen LogP contribution in [0.3, 0.4) is 0 Å². The number of aliphatic hydroxyl groups excluding tert-OH is 1. The second-order valence-corrected chi connectivity index (χ2v) is 5.65. The zero-order valence-corrected chi connectivity index (χ0v) is 14.5. The van der Waals surface area contributed by atoms with Crippen LogP contribution in [0.1, 0.15) is 17.4 Å². The normalized spacial score (nSPS) is 12.0. The summed E-state index contributed by atoms with van der Waals surface area (Å²) in [5.41, 5.74) is 3.09. The molecular formula is C19H21N3O3. The zero-order chi connectivity index (χ0) is 17.8. The zero-order valence-electron chi connectivity index (χ0n) is 14.5. The molecule has 1 heterocycles. The minimum Gasteiger partial charge on any atom is -0.497 e. The van der Waals surface area contributed by atoms with Crippen molar-refractivity contribution in [1.29, 1.82) is 0 Å². The van der Waals surface area contributed by atoms with Crippen LogP contribution in [0.4, 0.5) is 5.82 Å². The largest absolute Gasteiger partial charge is 0.497 e. The first-order valence-corrected chi connectivity index (χ1v) is 7.99. The Morgan fingerprint density at radius 2 is 1.76 bits per heavy atom. The van der Waals surface area contributed by atoms with Crippen molar-refractivity contribution < 1.29 is 14.6 Å². The molecule has 0 aliphatic heterocycles. The van der Waals surface area contributed by atoms with Gasteiger partial charge in [-0.1, -0.05) is 12.1 Å². The minimum absolute atomic E-state index is 0.275. The molecule has 0 radical (unpaired) electrons. The fourth-order valence-corrected chi connectivity index (χ4v) is 2.66. The van der Waals surface area contributed by atoms with Gasteiger partial charge in [0.2, 0.25) is 0 Å². The standard InChI is InChI=1S/C19H21N3O3/c1-12-19(22-16-7-5-4-6-15(16)21-12)20-11-17(23)14-10-13(24-2)8-9-18(14)25-3/h4-10,17,23H,11H2,1-3H3,(H,20,22)/t17-/m1/s1. The van der Waals surface area contributed by atoms with Gasteiger partial charge in [0.15, 0.2) is 0 Å². The number of rotatable bonds is 6. The highest BCUT2D eigenvalue weighted by Gasteiger charge is 2.15. The molecule has 0 spiro atoms. The van der Waals surface area contributed by atoms with Crippen molar-refractivity contribution in [2.45, 2.75) is 13.0 Å². The number of fused-ring (bicyclic) bond motifs is 1. The van der Waals surface area contributed by atoms with Gasteiger partial charge in [0, 0.05) is 12.1 Å². The molecule has 1 aromatic heterocycles. The second-order valence-electron chi connectivity index (χ2n) is 5.65. The van der Waals surface area contributed by atoms with Gasteiger partial charge >= 0.3 is 0 Å². The lowest BCUT2D eigenvalue weighted by Crippen LogP contribution is -2.15. The molecule has 0 saturated carbocycles. The van der Waals surface area contributed by atoms with Gasteiger partial charge in [0.05, 0.1) is 37.1 Å². The van der Waals surface area contributed by atoms with E-state index < -0.39 is 6.10 Å². The lowest BCUT2D eigenvalue weighted by Gasteiger charge is -2.17. The highest BCUT2D eigenvalue weighted by molar-refractivity contribution is 5.76. The smallest absolute Gasteiger partial charge is 0.148 e. The number of nitrogens with one attached hydrogen (secondary N) is 1. The third-order valence-electron chi connectivity index (χ3n) is 4.00. The maximum absolute atomic E-state index is 10.6. The second kappa shape index (κ2) is 7.36. The molecule has 0 saturated heterocycles. The van der Waals surface area contributed by atoms with Crippen LogP contribution < -0.4 is 14.8 Å². The van der Waals surface area contributed by atoms with Gasteiger partial charge in [-0.05, 0) is 37.3 Å². The molecule has 2 N–H and O–H groups in total. The molecule has 0 unspecified atom stereocenters. The molecule has 0 fully saturated rings. The number of benzene rings is 2. The van der Waals surface area contributed by atoms with Crippen LogP contribution in [0.15, 0.2) is 42.5 Å². The van der Waals surface area contributed by atoms with Gasteiger partial charge < -0.3 is 19.9 Å². The maximum atomic E-state index is 10.6. The van der Waals surface area contributed by atoms with E-state index in [0.717, 1.165) is 16.7 Å². The Morgan fingerprint density at radius 3 is 2.44 bits per heavy atom. The molecule has 0 aliphatic rings. The maximum Gasteiger partial charge on any atom is 0.148 e. The highest BCUT2D eigenvalue weighted by atomic mass is 16.5. The Labute approximate surface area is 146 Å². The summed E-state index contributed by atoms with van der Waals surface area (Å²) in [4.78, 5) is 9.11. The van der Waals surface area contributed by atoms with Crippen molar-refractivity contribution in [3.8, 4) is 11.5 Å². The van der Waals surface area contributed by atoms with E-state index in [0.29, 0.717) is 22.9 Å². The van der Waals surface area contributed by atoms with Gasteiger partial charge in [-0.3, -0.25) is 0 Å². The first-order chi connectivity index (χ1) is 12.1. The average molecular weight is 339 g/mol. The summed E-state index contributed by atoms with van der Waals surface area (Å²) in [6.07, 6.45) is -0.780. The summed E-state index contributed by atoms with van der Waals surface area (Å²) in [5.74, 6) is 1.92. The number of aromatic nitrogens is 2. The predicted octanol–water partition coefficient (Wildman–Crippen LogP) is 3.10. The Balaban J connectivity index is 1.80. The third kappa shape index (κ3) is 3.64. The highest BCUT2D eigenvalue weighted by Crippen LogP contribution is 2.29. The number of aliphatic hydroxyl groups is 1. The molecule has 3 rings (SSSR count). The van der Waals surface area contributed by atoms with E-state index in [1.165, 1.54) is 0 Å². The Bertz CT molecular complexity index is 883. The number of anilines is 1. The van der Waals surface area contributed by atoms with Crippen molar-refractivity contribution in [1.82, 2.24) is 9.97 Å². The minimum atomic E-state index is -0.780. The molecule has 3 aromatic rings. The lowest BCUT2D eigenvalue weighted by molar-refractivity contribution is 0.186. The number of methoxy groups -OCH3 is 2. The van der Waals surface area contributed by atoms with Crippen LogP contribution in [0.25, 0.3) is 11.0 Å². The lowest BCUT2D eigenvalue weighted by atomic mass is 10.1. The van der Waals surface area contributed by atoms with Crippen LogP contribution in [-0.4, -0.2) is 35.8 Å². The van der Waals surface area contributed by atoms with E-state index in [2.05, 4.69) is 15.3 Å². The van der Waals surface area contributed by atoms with E-state index in [1.807, 2.05) is 31.2 Å². The average Bonchev–Trinajstić information content (AvgIpc) is 2.65. The first-order valence-electron chi connectivity index (χ1n) is 7.99. The summed E-state index contributed by atoms with van der Waals surface area (Å²) >= 11 is 0. The van der Waals surface area contributed by atoms with E-state index in [-0.39, 0.29) is 6.54 Å². The van der Waals surface area contributed by atoms with Gasteiger partial charge in [0.1, 0.15) is 17.3 Å². The fourth-order valence-electron chi connectivity index (χ4n) is 2.66. The summed E-state index contributed by atoms with van der Waals surface area (Å²) in [7, 11) is 3.16. The molecule has 130 valence electrons. The summed E-state index contributed by atoms with van der Waals surface area (Å²) < 4.78 is 10.6. The number of hydrogen-bond acceptors (Lipinski definition) is 6. The van der Waals surface area contributed by atoms with E-state index in [4.69, 9.17) is 9.47 Å². The SMILES string of the molecule is COc1ccc(OC)c([C@H](O)CNc2nc3ccccc3nc2C)c1. The Morgan fingerprint density at radius 1 is 1.04 bits per heavy atom. The van der Waals surface area contributed by atoms with E-state index in [9.17, 15) is 5.11 Å². The molecule has 6 heteroatoms. The molecule has 25 heavy (non-hydrogen) atoms. The number of hydrogen-bond donors (Lipinski definition) is 2. The van der Waals surface area contributed by atoms with Gasteiger partial charge in [0.25, 0.3) is 0 Å². The number of nitrogens with zero attached hydrogens (tertiary/aromatic N) is 2. The van der Waals surface area contributed by atoms with Crippen molar-refractivity contribution >= 4 is 16.9 Å². The number of para-hydroxylation sites is 2. The van der Waals surface area contributed by atoms with Crippen LogP contribution in [0.2, 0.25) is 0 Å². The topological polar surface area (TPSA) is 76.5 Å². The molecule has 0 aliphatic carbocycles. The molecular weight excluding hydrogens is 318 g/mol. The summed E-state index contributed by atoms with van der Waals surface area (Å²) in [6, 6.07) is 13.0. The molecule has 1 atom stereocenters. The Kier molecular flexibility index (Phi) is 5.00. The third-order valence-corrected chi connectivity index (χ3v) is 4.00. The van der Waals surface area contributed by atoms with Crippen molar-refractivity contribution in [3.63, 3.8) is 0 Å².